The van der Waals surface area contributed by atoms with E-state index >= 15 is 0 Å². The van der Waals surface area contributed by atoms with Crippen molar-refractivity contribution < 1.29 is 19.0 Å². The molecular formula is C31H42O5. The van der Waals surface area contributed by atoms with E-state index in [0.29, 0.717) is 30.3 Å². The molecule has 0 bridgehead atoms. The molecule has 0 saturated heterocycles. The van der Waals surface area contributed by atoms with Crippen LogP contribution in [0.25, 0.3) is 22.3 Å². The van der Waals surface area contributed by atoms with Gasteiger partial charge in [-0.25, -0.2) is 0 Å². The van der Waals surface area contributed by atoms with Gasteiger partial charge < -0.3 is 19.0 Å². The third-order valence-electron chi connectivity index (χ3n) is 6.47. The first-order valence-corrected chi connectivity index (χ1v) is 13.8. The van der Waals surface area contributed by atoms with Crippen LogP contribution in [0.5, 0.6) is 17.2 Å². The molecule has 3 rings (SSSR count). The van der Waals surface area contributed by atoms with E-state index in [0.717, 1.165) is 31.2 Å². The molecule has 3 aromatic rings. The van der Waals surface area contributed by atoms with Crippen LogP contribution in [0, 0.1) is 0 Å². The van der Waals surface area contributed by atoms with E-state index in [9.17, 15) is 9.90 Å². The first kappa shape index (κ1) is 27.6. The third kappa shape index (κ3) is 8.04. The zero-order valence-corrected chi connectivity index (χ0v) is 22.0. The molecule has 0 aliphatic rings. The highest BCUT2D eigenvalue weighted by atomic mass is 16.5. The summed E-state index contributed by atoms with van der Waals surface area (Å²) in [7, 11) is 0. The number of phenols is 1. The summed E-state index contributed by atoms with van der Waals surface area (Å²) in [5, 5.41) is 11.2. The van der Waals surface area contributed by atoms with Gasteiger partial charge in [0, 0.05) is 17.7 Å². The van der Waals surface area contributed by atoms with Crippen LogP contribution in [-0.2, 0) is 0 Å². The summed E-state index contributed by atoms with van der Waals surface area (Å²) < 4.78 is 18.2. The molecule has 0 amide bonds. The fourth-order valence-electron chi connectivity index (χ4n) is 4.37. The van der Waals surface area contributed by atoms with Gasteiger partial charge in [0.2, 0.25) is 5.75 Å². The van der Waals surface area contributed by atoms with Crippen LogP contribution in [0.1, 0.15) is 90.9 Å². The van der Waals surface area contributed by atoms with Crippen molar-refractivity contribution in [1.29, 1.82) is 0 Å². The van der Waals surface area contributed by atoms with Crippen LogP contribution >= 0.6 is 0 Å². The predicted octanol–water partition coefficient (Wildman–Crippen LogP) is 8.64. The Morgan fingerprint density at radius 2 is 1.33 bits per heavy atom. The Hall–Kier alpha value is -2.95. The Labute approximate surface area is 215 Å². The van der Waals surface area contributed by atoms with Gasteiger partial charge in [0.1, 0.15) is 16.7 Å². The predicted molar refractivity (Wildman–Crippen MR) is 147 cm³/mol. The molecule has 0 fully saturated rings. The van der Waals surface area contributed by atoms with Crippen molar-refractivity contribution in [2.45, 2.75) is 90.9 Å². The molecule has 1 N–H and O–H groups in total. The average Bonchev–Trinajstić information content (AvgIpc) is 2.89. The van der Waals surface area contributed by atoms with Gasteiger partial charge in [-0.15, -0.1) is 0 Å². The largest absolute Gasteiger partial charge is 0.504 e. The number of rotatable bonds is 17. The standard InChI is InChI=1S/C31H42O5/c1-3-5-7-9-11-16-20-34-28-23-27-29(25(32)22-26(36-27)24-18-14-13-15-19-24)30(33)31(28)35-21-17-12-10-8-6-4-2/h13-15,18-19,22-23,33H,3-12,16-17,20-21H2,1-2H3. The first-order chi connectivity index (χ1) is 17.7. The third-order valence-corrected chi connectivity index (χ3v) is 6.47. The Morgan fingerprint density at radius 1 is 0.750 bits per heavy atom. The minimum atomic E-state index is -0.306. The summed E-state index contributed by atoms with van der Waals surface area (Å²) in [5.74, 6) is 0.912. The molecule has 5 nitrogen and oxygen atoms in total. The highest BCUT2D eigenvalue weighted by molar-refractivity contribution is 5.89. The lowest BCUT2D eigenvalue weighted by Gasteiger charge is -2.16. The number of benzene rings is 2. The molecular weight excluding hydrogens is 452 g/mol. The van der Waals surface area contributed by atoms with E-state index in [2.05, 4.69) is 13.8 Å². The number of unbranched alkanes of at least 4 members (excludes halogenated alkanes) is 10. The topological polar surface area (TPSA) is 68.9 Å². The van der Waals surface area contributed by atoms with Crippen LogP contribution < -0.4 is 14.9 Å². The van der Waals surface area contributed by atoms with Gasteiger partial charge in [-0.2, -0.15) is 0 Å². The van der Waals surface area contributed by atoms with E-state index < -0.39 is 0 Å². The second-order valence-electron chi connectivity index (χ2n) is 9.50. The zero-order chi connectivity index (χ0) is 25.6. The smallest absolute Gasteiger partial charge is 0.204 e. The van der Waals surface area contributed by atoms with Crippen molar-refractivity contribution in [3.05, 3.63) is 52.7 Å². The highest BCUT2D eigenvalue weighted by Crippen LogP contribution is 2.42. The summed E-state index contributed by atoms with van der Waals surface area (Å²) in [6.07, 6.45) is 13.8. The Morgan fingerprint density at radius 3 is 1.97 bits per heavy atom. The fraction of sp³-hybridized carbons (Fsp3) is 0.516. The lowest BCUT2D eigenvalue weighted by Crippen LogP contribution is -2.06. The lowest BCUT2D eigenvalue weighted by molar-refractivity contribution is 0.249. The zero-order valence-electron chi connectivity index (χ0n) is 22.0. The Balaban J connectivity index is 1.80. The quantitative estimate of drug-likeness (QED) is 0.190. The summed E-state index contributed by atoms with van der Waals surface area (Å²) in [6, 6.07) is 12.6. The molecule has 0 radical (unpaired) electrons. The Bertz CT molecular complexity index is 1100. The number of aromatic hydroxyl groups is 1. The number of fused-ring (bicyclic) bond motifs is 1. The second-order valence-corrected chi connectivity index (χ2v) is 9.50. The summed E-state index contributed by atoms with van der Waals surface area (Å²) in [6.45, 7) is 5.40. The van der Waals surface area contributed by atoms with Crippen molar-refractivity contribution >= 4 is 11.0 Å². The van der Waals surface area contributed by atoms with Crippen LogP contribution in [0.4, 0.5) is 0 Å². The minimum Gasteiger partial charge on any atom is -0.504 e. The number of hydrogen-bond donors (Lipinski definition) is 1. The SMILES string of the molecule is CCCCCCCCOc1cc2oc(-c3ccccc3)cc(=O)c2c(O)c1OCCCCCCCC. The molecule has 1 heterocycles. The number of ether oxygens (including phenoxy) is 2. The minimum absolute atomic E-state index is 0.125. The maximum absolute atomic E-state index is 13.0. The van der Waals surface area contributed by atoms with Gasteiger partial charge in [0.25, 0.3) is 0 Å². The average molecular weight is 495 g/mol. The molecule has 0 unspecified atom stereocenters. The van der Waals surface area contributed by atoms with Gasteiger partial charge in [0.05, 0.1) is 13.2 Å². The van der Waals surface area contributed by atoms with E-state index in [1.165, 1.54) is 57.4 Å². The molecule has 0 atom stereocenters. The van der Waals surface area contributed by atoms with Crippen LogP contribution in [-0.4, -0.2) is 18.3 Å². The van der Waals surface area contributed by atoms with Gasteiger partial charge in [0.15, 0.2) is 16.9 Å². The van der Waals surface area contributed by atoms with Gasteiger partial charge in [-0.3, -0.25) is 4.79 Å². The summed E-state index contributed by atoms with van der Waals surface area (Å²) in [4.78, 5) is 13.0. The van der Waals surface area contributed by atoms with Crippen molar-refractivity contribution in [1.82, 2.24) is 0 Å². The normalized spacial score (nSPS) is 11.2. The van der Waals surface area contributed by atoms with Crippen LogP contribution in [0.3, 0.4) is 0 Å². The molecule has 0 aliphatic heterocycles. The molecule has 0 spiro atoms. The van der Waals surface area contributed by atoms with E-state index in [-0.39, 0.29) is 22.3 Å². The molecule has 196 valence electrons. The van der Waals surface area contributed by atoms with Crippen molar-refractivity contribution in [3.63, 3.8) is 0 Å². The Kier molecular flexibility index (Phi) is 11.7. The van der Waals surface area contributed by atoms with E-state index in [4.69, 9.17) is 13.9 Å². The van der Waals surface area contributed by atoms with Crippen molar-refractivity contribution in [2.24, 2.45) is 0 Å². The van der Waals surface area contributed by atoms with E-state index in [1.807, 2.05) is 30.3 Å². The molecule has 0 saturated carbocycles. The lowest BCUT2D eigenvalue weighted by atomic mass is 10.1. The highest BCUT2D eigenvalue weighted by Gasteiger charge is 2.20. The molecule has 5 heteroatoms. The molecule has 2 aromatic carbocycles. The maximum atomic E-state index is 13.0. The van der Waals surface area contributed by atoms with Crippen LogP contribution in [0.2, 0.25) is 0 Å². The number of hydrogen-bond acceptors (Lipinski definition) is 5. The van der Waals surface area contributed by atoms with Gasteiger partial charge in [-0.05, 0) is 12.8 Å². The van der Waals surface area contributed by atoms with Crippen LogP contribution in [0.15, 0.2) is 51.7 Å². The maximum Gasteiger partial charge on any atom is 0.204 e. The van der Waals surface area contributed by atoms with E-state index in [1.54, 1.807) is 6.07 Å². The molecule has 36 heavy (non-hydrogen) atoms. The second kappa shape index (κ2) is 15.2. The summed E-state index contributed by atoms with van der Waals surface area (Å²) >= 11 is 0. The summed E-state index contributed by atoms with van der Waals surface area (Å²) in [5.41, 5.74) is 0.789. The van der Waals surface area contributed by atoms with Gasteiger partial charge >= 0.3 is 0 Å². The van der Waals surface area contributed by atoms with Crippen molar-refractivity contribution in [3.8, 4) is 28.6 Å². The monoisotopic (exact) mass is 494 g/mol. The number of phenolic OH excluding ortho intramolecular Hbond substituents is 1. The molecule has 1 aromatic heterocycles. The molecule has 0 aliphatic carbocycles. The van der Waals surface area contributed by atoms with Gasteiger partial charge in [-0.1, -0.05) is 108 Å². The first-order valence-electron chi connectivity index (χ1n) is 13.8. The van der Waals surface area contributed by atoms with Crippen molar-refractivity contribution in [2.75, 3.05) is 13.2 Å². The fourth-order valence-corrected chi connectivity index (χ4v) is 4.37.